The quantitative estimate of drug-likeness (QED) is 0.376. The molecule has 1 rings (SSSR count). The minimum Gasteiger partial charge on any atom is -0.477 e. The van der Waals surface area contributed by atoms with Crippen LogP contribution in [0.25, 0.3) is 0 Å². The molecule has 104 valence electrons. The van der Waals surface area contributed by atoms with Gasteiger partial charge in [0.1, 0.15) is 5.56 Å². The van der Waals surface area contributed by atoms with Crippen molar-refractivity contribution < 1.29 is 14.8 Å². The van der Waals surface area contributed by atoms with Gasteiger partial charge in [0, 0.05) is 18.3 Å². The van der Waals surface area contributed by atoms with Crippen LogP contribution in [-0.2, 0) is 0 Å². The van der Waals surface area contributed by atoms with Gasteiger partial charge in [-0.05, 0) is 31.6 Å². The molecule has 0 atom stereocenters. The SMILES string of the molecule is CCNCCCNc1ccc([N+](=O)[O-])c(C(=O)O)c1. The number of carbonyl (C=O) groups is 1. The summed E-state index contributed by atoms with van der Waals surface area (Å²) in [5.74, 6) is -1.30. The summed E-state index contributed by atoms with van der Waals surface area (Å²) in [6.45, 7) is 4.45. The Morgan fingerprint density at radius 2 is 2.16 bits per heavy atom. The van der Waals surface area contributed by atoms with E-state index in [0.717, 1.165) is 19.5 Å². The van der Waals surface area contributed by atoms with Crippen LogP contribution in [0.2, 0.25) is 0 Å². The fourth-order valence-electron chi connectivity index (χ4n) is 1.60. The van der Waals surface area contributed by atoms with Gasteiger partial charge in [0.15, 0.2) is 0 Å². The van der Waals surface area contributed by atoms with E-state index in [4.69, 9.17) is 5.11 Å². The zero-order valence-corrected chi connectivity index (χ0v) is 10.7. The maximum Gasteiger partial charge on any atom is 0.342 e. The average molecular weight is 267 g/mol. The van der Waals surface area contributed by atoms with E-state index in [1.54, 1.807) is 0 Å². The third-order valence-electron chi connectivity index (χ3n) is 2.53. The Morgan fingerprint density at radius 1 is 1.42 bits per heavy atom. The van der Waals surface area contributed by atoms with E-state index in [2.05, 4.69) is 10.6 Å². The smallest absolute Gasteiger partial charge is 0.342 e. The predicted octanol–water partition coefficient (Wildman–Crippen LogP) is 1.70. The summed E-state index contributed by atoms with van der Waals surface area (Å²) in [6, 6.07) is 4.00. The Morgan fingerprint density at radius 3 is 2.74 bits per heavy atom. The molecule has 7 nitrogen and oxygen atoms in total. The molecule has 0 saturated heterocycles. The third kappa shape index (κ3) is 4.55. The van der Waals surface area contributed by atoms with Crippen LogP contribution in [0.1, 0.15) is 23.7 Å². The Bertz CT molecular complexity index is 462. The van der Waals surface area contributed by atoms with E-state index >= 15 is 0 Å². The zero-order chi connectivity index (χ0) is 14.3. The summed E-state index contributed by atoms with van der Waals surface area (Å²) in [6.07, 6.45) is 0.882. The van der Waals surface area contributed by atoms with Gasteiger partial charge in [-0.1, -0.05) is 6.92 Å². The highest BCUT2D eigenvalue weighted by molar-refractivity contribution is 5.93. The Labute approximate surface area is 110 Å². The molecule has 0 aliphatic heterocycles. The van der Waals surface area contributed by atoms with Gasteiger partial charge in [0.25, 0.3) is 5.69 Å². The summed E-state index contributed by atoms with van der Waals surface area (Å²) in [7, 11) is 0. The lowest BCUT2D eigenvalue weighted by molar-refractivity contribution is -0.385. The van der Waals surface area contributed by atoms with Crippen LogP contribution < -0.4 is 10.6 Å². The lowest BCUT2D eigenvalue weighted by Gasteiger charge is -2.07. The van der Waals surface area contributed by atoms with E-state index in [9.17, 15) is 14.9 Å². The van der Waals surface area contributed by atoms with E-state index < -0.39 is 16.6 Å². The first-order valence-electron chi connectivity index (χ1n) is 6.02. The van der Waals surface area contributed by atoms with Gasteiger partial charge in [-0.3, -0.25) is 10.1 Å². The highest BCUT2D eigenvalue weighted by atomic mass is 16.6. The van der Waals surface area contributed by atoms with Crippen molar-refractivity contribution in [1.29, 1.82) is 0 Å². The number of nitrogens with one attached hydrogen (secondary N) is 2. The molecule has 0 heterocycles. The number of carboxylic acids is 1. The first kappa shape index (κ1) is 14.9. The van der Waals surface area contributed by atoms with E-state index in [0.29, 0.717) is 12.2 Å². The summed E-state index contributed by atoms with van der Waals surface area (Å²) in [5, 5.41) is 25.8. The lowest BCUT2D eigenvalue weighted by atomic mass is 10.1. The molecule has 3 N–H and O–H groups in total. The number of rotatable bonds is 8. The molecule has 0 saturated carbocycles. The predicted molar refractivity (Wildman–Crippen MR) is 71.7 cm³/mol. The summed E-state index contributed by atoms with van der Waals surface area (Å²) in [4.78, 5) is 20.9. The molecule has 0 amide bonds. The Kier molecular flexibility index (Phi) is 5.74. The largest absolute Gasteiger partial charge is 0.477 e. The molecule has 1 aromatic carbocycles. The topological polar surface area (TPSA) is 105 Å². The first-order chi connectivity index (χ1) is 9.06. The molecule has 0 radical (unpaired) electrons. The fraction of sp³-hybridized carbons (Fsp3) is 0.417. The molecule has 0 unspecified atom stereocenters. The van der Waals surface area contributed by atoms with Gasteiger partial charge in [-0.15, -0.1) is 0 Å². The van der Waals surface area contributed by atoms with Crippen molar-refractivity contribution in [2.24, 2.45) is 0 Å². The van der Waals surface area contributed by atoms with Crippen LogP contribution in [-0.4, -0.2) is 35.6 Å². The standard InChI is InChI=1S/C12H17N3O4/c1-2-13-6-3-7-14-9-4-5-11(15(18)19)10(8-9)12(16)17/h4-5,8,13-14H,2-3,6-7H2,1H3,(H,16,17). The number of anilines is 1. The number of nitrogens with zero attached hydrogens (tertiary/aromatic N) is 1. The minimum absolute atomic E-state index is 0.304. The minimum atomic E-state index is -1.30. The molecule has 0 aromatic heterocycles. The van der Waals surface area contributed by atoms with Gasteiger partial charge in [-0.2, -0.15) is 0 Å². The van der Waals surface area contributed by atoms with Crippen LogP contribution in [0.15, 0.2) is 18.2 Å². The van der Waals surface area contributed by atoms with Crippen molar-refractivity contribution >= 4 is 17.3 Å². The second-order valence-electron chi connectivity index (χ2n) is 3.93. The zero-order valence-electron chi connectivity index (χ0n) is 10.7. The second-order valence-corrected chi connectivity index (χ2v) is 3.93. The van der Waals surface area contributed by atoms with Gasteiger partial charge >= 0.3 is 5.97 Å². The summed E-state index contributed by atoms with van der Waals surface area (Å²) < 4.78 is 0. The number of hydrogen-bond donors (Lipinski definition) is 3. The summed E-state index contributed by atoms with van der Waals surface area (Å²) in [5.41, 5.74) is -0.133. The molecule has 7 heteroatoms. The number of nitro benzene ring substituents is 1. The van der Waals surface area contributed by atoms with Crippen LogP contribution >= 0.6 is 0 Å². The van der Waals surface area contributed by atoms with Crippen molar-refractivity contribution in [3.05, 3.63) is 33.9 Å². The fourth-order valence-corrected chi connectivity index (χ4v) is 1.60. The Hall–Kier alpha value is -2.15. The molecule has 0 fully saturated rings. The monoisotopic (exact) mass is 267 g/mol. The molecule has 0 spiro atoms. The number of benzene rings is 1. The normalized spacial score (nSPS) is 10.2. The van der Waals surface area contributed by atoms with Crippen molar-refractivity contribution in [2.45, 2.75) is 13.3 Å². The van der Waals surface area contributed by atoms with E-state index in [-0.39, 0.29) is 5.56 Å². The van der Waals surface area contributed by atoms with Gasteiger partial charge in [0.05, 0.1) is 4.92 Å². The second kappa shape index (κ2) is 7.32. The van der Waals surface area contributed by atoms with Crippen molar-refractivity contribution in [3.8, 4) is 0 Å². The highest BCUT2D eigenvalue weighted by Crippen LogP contribution is 2.22. The summed E-state index contributed by atoms with van der Waals surface area (Å²) >= 11 is 0. The van der Waals surface area contributed by atoms with Crippen molar-refractivity contribution in [1.82, 2.24) is 5.32 Å². The lowest BCUT2D eigenvalue weighted by Crippen LogP contribution is -2.17. The number of aromatic carboxylic acids is 1. The van der Waals surface area contributed by atoms with Gasteiger partial charge in [0.2, 0.25) is 0 Å². The Balaban J connectivity index is 2.68. The molecule has 0 aliphatic rings. The molecule has 0 aliphatic carbocycles. The average Bonchev–Trinajstić information content (AvgIpc) is 2.38. The van der Waals surface area contributed by atoms with E-state index in [1.165, 1.54) is 18.2 Å². The molecule has 1 aromatic rings. The van der Waals surface area contributed by atoms with Crippen LogP contribution in [0.3, 0.4) is 0 Å². The van der Waals surface area contributed by atoms with E-state index in [1.807, 2.05) is 6.92 Å². The number of carboxylic acid groups (broad SMARTS) is 1. The first-order valence-corrected chi connectivity index (χ1v) is 6.02. The molecular formula is C12H17N3O4. The number of hydrogen-bond acceptors (Lipinski definition) is 5. The molecule has 0 bridgehead atoms. The van der Waals surface area contributed by atoms with Crippen molar-refractivity contribution in [3.63, 3.8) is 0 Å². The number of nitro groups is 1. The van der Waals surface area contributed by atoms with Gasteiger partial charge < -0.3 is 15.7 Å². The van der Waals surface area contributed by atoms with Crippen molar-refractivity contribution in [2.75, 3.05) is 25.0 Å². The van der Waals surface area contributed by atoms with Gasteiger partial charge in [-0.25, -0.2) is 4.79 Å². The van der Waals surface area contributed by atoms with Crippen LogP contribution in [0.4, 0.5) is 11.4 Å². The maximum atomic E-state index is 11.0. The highest BCUT2D eigenvalue weighted by Gasteiger charge is 2.19. The van der Waals surface area contributed by atoms with Crippen LogP contribution in [0, 0.1) is 10.1 Å². The van der Waals surface area contributed by atoms with Crippen LogP contribution in [0.5, 0.6) is 0 Å². The maximum absolute atomic E-state index is 11.0. The molecule has 19 heavy (non-hydrogen) atoms. The molecular weight excluding hydrogens is 250 g/mol. The third-order valence-corrected chi connectivity index (χ3v) is 2.53.